The van der Waals surface area contributed by atoms with Crippen molar-refractivity contribution in [1.29, 1.82) is 0 Å². The Morgan fingerprint density at radius 3 is 2.69 bits per heavy atom. The Morgan fingerprint density at radius 1 is 1.54 bits per heavy atom. The van der Waals surface area contributed by atoms with Crippen molar-refractivity contribution >= 4 is 21.9 Å². The summed E-state index contributed by atoms with van der Waals surface area (Å²) in [6.07, 6.45) is 0.958. The van der Waals surface area contributed by atoms with E-state index < -0.39 is 0 Å². The van der Waals surface area contributed by atoms with Crippen molar-refractivity contribution in [1.82, 2.24) is 0 Å². The average Bonchev–Trinajstić information content (AvgIpc) is 2.16. The van der Waals surface area contributed by atoms with Crippen molar-refractivity contribution in [3.8, 4) is 0 Å². The highest BCUT2D eigenvalue weighted by atomic mass is 79.9. The molecule has 0 fully saturated rings. The standard InChI is InChI=1S/C10H11BrO2/c1-3-7-4-5-8(9(11)6-7)10(12)13-2/h4-6H,3H2,1-2H3. The van der Waals surface area contributed by atoms with Crippen molar-refractivity contribution in [3.05, 3.63) is 33.8 Å². The first-order chi connectivity index (χ1) is 6.19. The number of benzene rings is 1. The third-order valence-electron chi connectivity index (χ3n) is 1.85. The number of carbonyl (C=O) groups is 1. The fourth-order valence-corrected chi connectivity index (χ4v) is 1.64. The van der Waals surface area contributed by atoms with Crippen molar-refractivity contribution in [2.75, 3.05) is 7.11 Å². The molecule has 0 saturated heterocycles. The topological polar surface area (TPSA) is 26.3 Å². The van der Waals surface area contributed by atoms with Crippen molar-refractivity contribution in [2.45, 2.75) is 13.3 Å². The van der Waals surface area contributed by atoms with Gasteiger partial charge in [0, 0.05) is 4.47 Å². The van der Waals surface area contributed by atoms with Crippen molar-refractivity contribution in [3.63, 3.8) is 0 Å². The summed E-state index contributed by atoms with van der Waals surface area (Å²) in [5, 5.41) is 0. The molecule has 0 aliphatic carbocycles. The lowest BCUT2D eigenvalue weighted by Gasteiger charge is -2.03. The lowest BCUT2D eigenvalue weighted by Crippen LogP contribution is -2.02. The smallest absolute Gasteiger partial charge is 0.338 e. The molecule has 1 rings (SSSR count). The van der Waals surface area contributed by atoms with Gasteiger partial charge in [-0.2, -0.15) is 0 Å². The van der Waals surface area contributed by atoms with Crippen LogP contribution < -0.4 is 0 Å². The molecule has 0 unspecified atom stereocenters. The van der Waals surface area contributed by atoms with E-state index in [4.69, 9.17) is 0 Å². The second-order valence-corrected chi connectivity index (χ2v) is 3.51. The molecule has 0 aliphatic heterocycles. The van der Waals surface area contributed by atoms with Gasteiger partial charge >= 0.3 is 5.97 Å². The monoisotopic (exact) mass is 242 g/mol. The van der Waals surface area contributed by atoms with E-state index in [9.17, 15) is 4.79 Å². The largest absolute Gasteiger partial charge is 0.465 e. The maximum absolute atomic E-state index is 11.2. The van der Waals surface area contributed by atoms with Crippen molar-refractivity contribution in [2.24, 2.45) is 0 Å². The van der Waals surface area contributed by atoms with Gasteiger partial charge in [0.05, 0.1) is 12.7 Å². The molecule has 0 radical (unpaired) electrons. The zero-order valence-corrected chi connectivity index (χ0v) is 9.22. The van der Waals surface area contributed by atoms with Gasteiger partial charge in [-0.25, -0.2) is 4.79 Å². The zero-order chi connectivity index (χ0) is 9.84. The minimum absolute atomic E-state index is 0.311. The number of rotatable bonds is 2. The van der Waals surface area contributed by atoms with Crippen LogP contribution in [0.2, 0.25) is 0 Å². The first kappa shape index (κ1) is 10.3. The SMILES string of the molecule is CCc1ccc(C(=O)OC)c(Br)c1. The van der Waals surface area contributed by atoms with Crippen LogP contribution in [-0.4, -0.2) is 13.1 Å². The maximum atomic E-state index is 11.2. The summed E-state index contributed by atoms with van der Waals surface area (Å²) < 4.78 is 5.41. The number of hydrogen-bond acceptors (Lipinski definition) is 2. The Hall–Kier alpha value is -0.830. The van der Waals surface area contributed by atoms with Crippen LogP contribution in [0.5, 0.6) is 0 Å². The summed E-state index contributed by atoms with van der Waals surface area (Å²) in [5.74, 6) is -0.311. The summed E-state index contributed by atoms with van der Waals surface area (Å²) in [4.78, 5) is 11.2. The second kappa shape index (κ2) is 4.42. The van der Waals surface area contributed by atoms with E-state index in [1.54, 1.807) is 6.07 Å². The van der Waals surface area contributed by atoms with Crippen LogP contribution in [0.1, 0.15) is 22.8 Å². The number of esters is 1. The third-order valence-corrected chi connectivity index (χ3v) is 2.50. The Morgan fingerprint density at radius 2 is 2.23 bits per heavy atom. The Balaban J connectivity index is 3.05. The Bertz CT molecular complexity index is 321. The number of methoxy groups -OCH3 is 1. The predicted octanol–water partition coefficient (Wildman–Crippen LogP) is 2.80. The van der Waals surface area contributed by atoms with Crippen LogP contribution in [0.4, 0.5) is 0 Å². The maximum Gasteiger partial charge on any atom is 0.338 e. The van der Waals surface area contributed by atoms with Crippen LogP contribution >= 0.6 is 15.9 Å². The molecule has 1 aromatic rings. The van der Waals surface area contributed by atoms with Crippen molar-refractivity contribution < 1.29 is 9.53 Å². The molecule has 0 heterocycles. The number of hydrogen-bond donors (Lipinski definition) is 0. The van der Waals surface area contributed by atoms with Crippen LogP contribution in [-0.2, 0) is 11.2 Å². The molecular formula is C10H11BrO2. The quantitative estimate of drug-likeness (QED) is 0.746. The molecule has 3 heteroatoms. The molecule has 0 N–H and O–H groups in total. The highest BCUT2D eigenvalue weighted by Gasteiger charge is 2.09. The van der Waals surface area contributed by atoms with Crippen LogP contribution in [0.15, 0.2) is 22.7 Å². The number of halogens is 1. The second-order valence-electron chi connectivity index (χ2n) is 2.66. The summed E-state index contributed by atoms with van der Waals surface area (Å²) >= 11 is 3.33. The molecule has 1 aromatic carbocycles. The number of carbonyl (C=O) groups excluding carboxylic acids is 1. The minimum Gasteiger partial charge on any atom is -0.465 e. The van der Waals surface area contributed by atoms with Gasteiger partial charge in [0.25, 0.3) is 0 Å². The van der Waals surface area contributed by atoms with E-state index in [-0.39, 0.29) is 5.97 Å². The van der Waals surface area contributed by atoms with Gasteiger partial charge < -0.3 is 4.74 Å². The van der Waals surface area contributed by atoms with Crippen LogP contribution in [0, 0.1) is 0 Å². The molecule has 0 atom stereocenters. The fraction of sp³-hybridized carbons (Fsp3) is 0.300. The van der Waals surface area contributed by atoms with E-state index in [0.717, 1.165) is 10.9 Å². The van der Waals surface area contributed by atoms with Crippen LogP contribution in [0.25, 0.3) is 0 Å². The average molecular weight is 243 g/mol. The third kappa shape index (κ3) is 2.31. The molecule has 2 nitrogen and oxygen atoms in total. The highest BCUT2D eigenvalue weighted by Crippen LogP contribution is 2.19. The molecule has 0 bridgehead atoms. The highest BCUT2D eigenvalue weighted by molar-refractivity contribution is 9.10. The normalized spacial score (nSPS) is 9.77. The van der Waals surface area contributed by atoms with E-state index in [0.29, 0.717) is 5.56 Å². The molecular weight excluding hydrogens is 232 g/mol. The van der Waals surface area contributed by atoms with Gasteiger partial charge in [-0.15, -0.1) is 0 Å². The molecule has 0 amide bonds. The van der Waals surface area contributed by atoms with Gasteiger partial charge in [-0.3, -0.25) is 0 Å². The van der Waals surface area contributed by atoms with E-state index in [1.807, 2.05) is 12.1 Å². The Kier molecular flexibility index (Phi) is 3.48. The lowest BCUT2D eigenvalue weighted by molar-refractivity contribution is 0.0599. The first-order valence-corrected chi connectivity index (χ1v) is 4.85. The first-order valence-electron chi connectivity index (χ1n) is 4.05. The van der Waals surface area contributed by atoms with E-state index >= 15 is 0 Å². The molecule has 0 saturated carbocycles. The number of aryl methyl sites for hydroxylation is 1. The molecule has 0 spiro atoms. The predicted molar refractivity (Wildman–Crippen MR) is 54.9 cm³/mol. The molecule has 0 aromatic heterocycles. The van der Waals surface area contributed by atoms with E-state index in [2.05, 4.69) is 27.6 Å². The molecule has 13 heavy (non-hydrogen) atoms. The summed E-state index contributed by atoms with van der Waals surface area (Å²) in [7, 11) is 1.38. The molecule has 0 aliphatic rings. The van der Waals surface area contributed by atoms with Gasteiger partial charge in [0.1, 0.15) is 0 Å². The van der Waals surface area contributed by atoms with E-state index in [1.165, 1.54) is 12.7 Å². The minimum atomic E-state index is -0.311. The zero-order valence-electron chi connectivity index (χ0n) is 7.63. The summed E-state index contributed by atoms with van der Waals surface area (Å²) in [5.41, 5.74) is 1.76. The Labute approximate surface area is 86.0 Å². The lowest BCUT2D eigenvalue weighted by atomic mass is 10.1. The number of ether oxygens (including phenoxy) is 1. The molecule has 70 valence electrons. The van der Waals surface area contributed by atoms with Gasteiger partial charge in [0.2, 0.25) is 0 Å². The fourth-order valence-electron chi connectivity index (χ4n) is 1.05. The summed E-state index contributed by atoms with van der Waals surface area (Å²) in [6.45, 7) is 2.07. The van der Waals surface area contributed by atoms with Gasteiger partial charge in [-0.1, -0.05) is 13.0 Å². The van der Waals surface area contributed by atoms with Crippen LogP contribution in [0.3, 0.4) is 0 Å². The summed E-state index contributed by atoms with van der Waals surface area (Å²) in [6, 6.07) is 5.64. The van der Waals surface area contributed by atoms with Gasteiger partial charge in [-0.05, 0) is 40.0 Å². The van der Waals surface area contributed by atoms with Gasteiger partial charge in [0.15, 0.2) is 0 Å².